The number of nitrogens with zero attached hydrogens (tertiary/aromatic N) is 2. The highest BCUT2D eigenvalue weighted by Crippen LogP contribution is 2.23. The van der Waals surface area contributed by atoms with Crippen molar-refractivity contribution in [2.45, 2.75) is 39.0 Å². The standard InChI is InChI=1S/C15H23ClN4O/c1-2-4-11-5-3-7-20(8-6-11)15(21)12-9-13(16)18-14(10-12)19-17/h9-11H,2-8,17H2,1H3,(H,18,19). The largest absolute Gasteiger partial charge is 0.339 e. The molecule has 1 aliphatic rings. The first-order chi connectivity index (χ1) is 10.1. The predicted molar refractivity (Wildman–Crippen MR) is 85.2 cm³/mol. The van der Waals surface area contributed by atoms with Crippen molar-refractivity contribution in [3.8, 4) is 0 Å². The molecule has 21 heavy (non-hydrogen) atoms. The molecule has 1 unspecified atom stereocenters. The zero-order valence-electron chi connectivity index (χ0n) is 12.4. The average Bonchev–Trinajstić information content (AvgIpc) is 2.72. The molecule has 1 amide bonds. The van der Waals surface area contributed by atoms with Crippen LogP contribution < -0.4 is 11.3 Å². The predicted octanol–water partition coefficient (Wildman–Crippen LogP) is 3.06. The van der Waals surface area contributed by atoms with Crippen LogP contribution in [0.25, 0.3) is 0 Å². The maximum atomic E-state index is 12.6. The molecule has 6 heteroatoms. The van der Waals surface area contributed by atoms with Crippen molar-refractivity contribution in [2.24, 2.45) is 11.8 Å². The van der Waals surface area contributed by atoms with E-state index in [0.29, 0.717) is 11.4 Å². The minimum atomic E-state index is 0.00736. The number of pyridine rings is 1. The molecule has 0 aliphatic carbocycles. The van der Waals surface area contributed by atoms with Gasteiger partial charge >= 0.3 is 0 Å². The molecule has 1 fully saturated rings. The van der Waals surface area contributed by atoms with Gasteiger partial charge in [-0.25, -0.2) is 10.8 Å². The zero-order valence-corrected chi connectivity index (χ0v) is 13.2. The van der Waals surface area contributed by atoms with Crippen LogP contribution >= 0.6 is 11.6 Å². The van der Waals surface area contributed by atoms with E-state index in [4.69, 9.17) is 17.4 Å². The Labute approximate surface area is 130 Å². The van der Waals surface area contributed by atoms with E-state index in [1.807, 2.05) is 4.90 Å². The van der Waals surface area contributed by atoms with Crippen LogP contribution in [0.4, 0.5) is 5.82 Å². The summed E-state index contributed by atoms with van der Waals surface area (Å²) < 4.78 is 0. The molecule has 3 N–H and O–H groups in total. The monoisotopic (exact) mass is 310 g/mol. The summed E-state index contributed by atoms with van der Waals surface area (Å²) in [6, 6.07) is 3.24. The smallest absolute Gasteiger partial charge is 0.254 e. The Morgan fingerprint density at radius 2 is 2.29 bits per heavy atom. The molecule has 1 atom stereocenters. The number of rotatable bonds is 4. The van der Waals surface area contributed by atoms with Gasteiger partial charge in [0.05, 0.1) is 0 Å². The maximum Gasteiger partial charge on any atom is 0.254 e. The third kappa shape index (κ3) is 4.32. The quantitative estimate of drug-likeness (QED) is 0.509. The molecule has 0 radical (unpaired) electrons. The van der Waals surface area contributed by atoms with Gasteiger partial charge in [-0.15, -0.1) is 0 Å². The number of halogens is 1. The van der Waals surface area contributed by atoms with E-state index in [1.165, 1.54) is 19.3 Å². The van der Waals surface area contributed by atoms with Crippen molar-refractivity contribution in [1.82, 2.24) is 9.88 Å². The van der Waals surface area contributed by atoms with Crippen LogP contribution in [0.2, 0.25) is 5.15 Å². The lowest BCUT2D eigenvalue weighted by atomic mass is 9.96. The molecule has 0 aromatic carbocycles. The number of carbonyl (C=O) groups excluding carboxylic acids is 1. The minimum absolute atomic E-state index is 0.00736. The number of nitrogens with one attached hydrogen (secondary N) is 1. The van der Waals surface area contributed by atoms with Gasteiger partial charge in [0.15, 0.2) is 0 Å². The van der Waals surface area contributed by atoms with Crippen LogP contribution in [0.15, 0.2) is 12.1 Å². The van der Waals surface area contributed by atoms with E-state index >= 15 is 0 Å². The number of hydrogen-bond donors (Lipinski definition) is 2. The second-order valence-corrected chi connectivity index (χ2v) is 5.97. The van der Waals surface area contributed by atoms with Crippen molar-refractivity contribution >= 4 is 23.3 Å². The van der Waals surface area contributed by atoms with Crippen molar-refractivity contribution < 1.29 is 4.79 Å². The van der Waals surface area contributed by atoms with Gasteiger partial charge in [-0.05, 0) is 37.3 Å². The zero-order chi connectivity index (χ0) is 15.2. The molecule has 1 aromatic heterocycles. The second kappa shape index (κ2) is 7.61. The van der Waals surface area contributed by atoms with Crippen molar-refractivity contribution in [3.63, 3.8) is 0 Å². The number of hydrogen-bond acceptors (Lipinski definition) is 4. The van der Waals surface area contributed by atoms with Crippen LogP contribution in [-0.4, -0.2) is 28.9 Å². The number of anilines is 1. The molecule has 0 spiro atoms. The van der Waals surface area contributed by atoms with E-state index in [0.717, 1.165) is 31.8 Å². The number of amides is 1. The molecule has 2 rings (SSSR count). The van der Waals surface area contributed by atoms with Gasteiger partial charge in [0, 0.05) is 18.7 Å². The SMILES string of the molecule is CCCC1CCCN(C(=O)c2cc(Cl)nc(NN)c2)CC1. The summed E-state index contributed by atoms with van der Waals surface area (Å²) in [7, 11) is 0. The first kappa shape index (κ1) is 16.0. The van der Waals surface area contributed by atoms with E-state index in [-0.39, 0.29) is 11.1 Å². The molecular formula is C15H23ClN4O. The van der Waals surface area contributed by atoms with Gasteiger partial charge < -0.3 is 10.3 Å². The first-order valence-electron chi connectivity index (χ1n) is 7.57. The Kier molecular flexibility index (Phi) is 5.82. The van der Waals surface area contributed by atoms with E-state index in [1.54, 1.807) is 12.1 Å². The summed E-state index contributed by atoms with van der Waals surface area (Å²) in [6.45, 7) is 3.84. The highest BCUT2D eigenvalue weighted by atomic mass is 35.5. The van der Waals surface area contributed by atoms with Gasteiger partial charge in [0.1, 0.15) is 11.0 Å². The lowest BCUT2D eigenvalue weighted by Crippen LogP contribution is -2.32. The van der Waals surface area contributed by atoms with Gasteiger partial charge in [-0.1, -0.05) is 31.4 Å². The second-order valence-electron chi connectivity index (χ2n) is 5.59. The lowest BCUT2D eigenvalue weighted by molar-refractivity contribution is 0.0760. The molecule has 0 saturated carbocycles. The number of carbonyl (C=O) groups is 1. The number of nitrogens with two attached hydrogens (primary N) is 1. The van der Waals surface area contributed by atoms with Crippen LogP contribution in [0.1, 0.15) is 49.4 Å². The number of aromatic nitrogens is 1. The molecule has 5 nitrogen and oxygen atoms in total. The fourth-order valence-electron chi connectivity index (χ4n) is 2.94. The van der Waals surface area contributed by atoms with Crippen LogP contribution in [0.5, 0.6) is 0 Å². The Bertz CT molecular complexity index is 495. The number of hydrazine groups is 1. The Hall–Kier alpha value is -1.33. The minimum Gasteiger partial charge on any atom is -0.339 e. The summed E-state index contributed by atoms with van der Waals surface area (Å²) >= 11 is 5.93. The third-order valence-corrected chi connectivity index (χ3v) is 4.21. The Morgan fingerprint density at radius 3 is 3.00 bits per heavy atom. The normalized spacial score (nSPS) is 19.2. The van der Waals surface area contributed by atoms with Gasteiger partial charge in [0.25, 0.3) is 5.91 Å². The molecule has 1 saturated heterocycles. The molecule has 116 valence electrons. The summed E-state index contributed by atoms with van der Waals surface area (Å²) in [4.78, 5) is 18.5. The van der Waals surface area contributed by atoms with E-state index < -0.39 is 0 Å². The summed E-state index contributed by atoms with van der Waals surface area (Å²) in [5, 5.41) is 0.271. The average molecular weight is 311 g/mol. The number of nitrogen functional groups attached to an aromatic ring is 1. The fourth-order valence-corrected chi connectivity index (χ4v) is 3.15. The molecule has 2 heterocycles. The highest BCUT2D eigenvalue weighted by Gasteiger charge is 2.22. The summed E-state index contributed by atoms with van der Waals surface area (Å²) in [6.07, 6.45) is 5.83. The van der Waals surface area contributed by atoms with Crippen LogP contribution in [0.3, 0.4) is 0 Å². The lowest BCUT2D eigenvalue weighted by Gasteiger charge is -2.21. The van der Waals surface area contributed by atoms with Crippen molar-refractivity contribution in [3.05, 3.63) is 22.8 Å². The molecular weight excluding hydrogens is 288 g/mol. The third-order valence-electron chi connectivity index (χ3n) is 4.02. The fraction of sp³-hybridized carbons (Fsp3) is 0.600. The van der Waals surface area contributed by atoms with Crippen molar-refractivity contribution in [2.75, 3.05) is 18.5 Å². The van der Waals surface area contributed by atoms with Crippen molar-refractivity contribution in [1.29, 1.82) is 0 Å². The van der Waals surface area contributed by atoms with E-state index in [9.17, 15) is 4.79 Å². The Balaban J connectivity index is 2.07. The van der Waals surface area contributed by atoms with E-state index in [2.05, 4.69) is 17.3 Å². The first-order valence-corrected chi connectivity index (χ1v) is 7.95. The van der Waals surface area contributed by atoms with Gasteiger partial charge in [0.2, 0.25) is 0 Å². The molecule has 0 bridgehead atoms. The molecule has 1 aliphatic heterocycles. The van der Waals surface area contributed by atoms with Gasteiger partial charge in [-0.3, -0.25) is 4.79 Å². The summed E-state index contributed by atoms with van der Waals surface area (Å²) in [5.74, 6) is 6.51. The van der Waals surface area contributed by atoms with Gasteiger partial charge in [-0.2, -0.15) is 0 Å². The number of likely N-dealkylation sites (tertiary alicyclic amines) is 1. The molecule has 1 aromatic rings. The Morgan fingerprint density at radius 1 is 1.48 bits per heavy atom. The highest BCUT2D eigenvalue weighted by molar-refractivity contribution is 6.29. The maximum absolute atomic E-state index is 12.6. The summed E-state index contributed by atoms with van der Waals surface area (Å²) in [5.41, 5.74) is 2.97. The topological polar surface area (TPSA) is 71.2 Å². The van der Waals surface area contributed by atoms with Crippen LogP contribution in [-0.2, 0) is 0 Å². The van der Waals surface area contributed by atoms with Crippen LogP contribution in [0, 0.1) is 5.92 Å².